The first-order chi connectivity index (χ1) is 9.00. The summed E-state index contributed by atoms with van der Waals surface area (Å²) in [5.74, 6) is -1.38. The lowest BCUT2D eigenvalue weighted by molar-refractivity contribution is -0.142. The van der Waals surface area contributed by atoms with E-state index in [1.165, 1.54) is 11.0 Å². The van der Waals surface area contributed by atoms with Crippen molar-refractivity contribution in [2.75, 3.05) is 19.6 Å². The number of nitrogens with zero attached hydrogens (tertiary/aromatic N) is 1. The number of carbonyl (C=O) groups is 2. The van der Waals surface area contributed by atoms with Crippen molar-refractivity contribution in [2.45, 2.75) is 6.04 Å². The number of phenols is 1. The molecule has 2 rings (SSSR count). The minimum atomic E-state index is -1.03. The lowest BCUT2D eigenvalue weighted by Gasteiger charge is -2.33. The fourth-order valence-corrected chi connectivity index (χ4v) is 2.32. The Bertz CT molecular complexity index is 520. The fourth-order valence-electron chi connectivity index (χ4n) is 1.98. The summed E-state index contributed by atoms with van der Waals surface area (Å²) in [5.41, 5.74) is 0.297. The summed E-state index contributed by atoms with van der Waals surface area (Å²) in [4.78, 5) is 24.8. The van der Waals surface area contributed by atoms with Crippen molar-refractivity contribution in [3.8, 4) is 5.75 Å². The predicted molar refractivity (Wildman–Crippen MR) is 76.2 cm³/mol. The van der Waals surface area contributed by atoms with Gasteiger partial charge < -0.3 is 20.4 Å². The molecule has 7 heteroatoms. The average Bonchev–Trinajstić information content (AvgIpc) is 2.41. The van der Waals surface area contributed by atoms with Gasteiger partial charge >= 0.3 is 5.97 Å². The summed E-state index contributed by atoms with van der Waals surface area (Å²) < 4.78 is 0.643. The van der Waals surface area contributed by atoms with Gasteiger partial charge in [-0.1, -0.05) is 0 Å². The van der Waals surface area contributed by atoms with Crippen LogP contribution in [0, 0.1) is 3.57 Å². The summed E-state index contributed by atoms with van der Waals surface area (Å²) >= 11 is 1.95. The zero-order valence-electron chi connectivity index (χ0n) is 9.97. The van der Waals surface area contributed by atoms with Crippen molar-refractivity contribution in [1.29, 1.82) is 0 Å². The molecule has 102 valence electrons. The van der Waals surface area contributed by atoms with Crippen LogP contribution >= 0.6 is 22.6 Å². The third-order valence-corrected chi connectivity index (χ3v) is 3.89. The van der Waals surface area contributed by atoms with E-state index in [-0.39, 0.29) is 18.2 Å². The van der Waals surface area contributed by atoms with Crippen LogP contribution < -0.4 is 5.32 Å². The van der Waals surface area contributed by atoms with Gasteiger partial charge in [0.25, 0.3) is 5.91 Å². The van der Waals surface area contributed by atoms with Gasteiger partial charge in [-0.2, -0.15) is 0 Å². The van der Waals surface area contributed by atoms with Crippen LogP contribution in [0.15, 0.2) is 18.2 Å². The number of aromatic hydroxyl groups is 1. The van der Waals surface area contributed by atoms with E-state index >= 15 is 0 Å². The Morgan fingerprint density at radius 1 is 1.42 bits per heavy atom. The third kappa shape index (κ3) is 2.98. The first-order valence-corrected chi connectivity index (χ1v) is 6.81. The molecule has 0 bridgehead atoms. The average molecular weight is 376 g/mol. The Labute approximate surface area is 123 Å². The van der Waals surface area contributed by atoms with E-state index in [1.807, 2.05) is 22.6 Å². The van der Waals surface area contributed by atoms with E-state index in [2.05, 4.69) is 5.32 Å². The summed E-state index contributed by atoms with van der Waals surface area (Å²) in [7, 11) is 0. The highest BCUT2D eigenvalue weighted by Crippen LogP contribution is 2.22. The molecular formula is C12H13IN2O4. The van der Waals surface area contributed by atoms with Gasteiger partial charge in [-0.15, -0.1) is 0 Å². The molecule has 6 nitrogen and oxygen atoms in total. The van der Waals surface area contributed by atoms with Crippen LogP contribution in [0.5, 0.6) is 5.75 Å². The van der Waals surface area contributed by atoms with Crippen molar-refractivity contribution in [3.05, 3.63) is 27.3 Å². The maximum atomic E-state index is 12.3. The lowest BCUT2D eigenvalue weighted by Crippen LogP contribution is -2.56. The van der Waals surface area contributed by atoms with Crippen LogP contribution in [0.25, 0.3) is 0 Å². The predicted octanol–water partition coefficient (Wildman–Crippen LogP) is 0.495. The Kier molecular flexibility index (Phi) is 4.25. The van der Waals surface area contributed by atoms with E-state index in [4.69, 9.17) is 5.11 Å². The van der Waals surface area contributed by atoms with Crippen LogP contribution in [0.4, 0.5) is 0 Å². The number of rotatable bonds is 2. The van der Waals surface area contributed by atoms with Gasteiger partial charge in [-0.25, -0.2) is 4.79 Å². The molecule has 1 fully saturated rings. The number of amides is 1. The number of piperazine rings is 1. The lowest BCUT2D eigenvalue weighted by atomic mass is 10.1. The van der Waals surface area contributed by atoms with Gasteiger partial charge in [-0.05, 0) is 40.8 Å². The number of hydrogen-bond acceptors (Lipinski definition) is 4. The standard InChI is InChI=1S/C12H13IN2O4/c13-8-2-1-7(5-10(8)16)11(17)15-4-3-14-6-9(15)12(18)19/h1-2,5,9,14,16H,3-4,6H2,(H,18,19). The van der Waals surface area contributed by atoms with Crippen LogP contribution in [0.1, 0.15) is 10.4 Å². The minimum absolute atomic E-state index is 0.0217. The molecule has 0 radical (unpaired) electrons. The van der Waals surface area contributed by atoms with Gasteiger partial charge in [-0.3, -0.25) is 4.79 Å². The molecule has 0 spiro atoms. The zero-order chi connectivity index (χ0) is 14.0. The molecule has 0 aliphatic carbocycles. The Morgan fingerprint density at radius 2 is 2.16 bits per heavy atom. The molecule has 1 atom stereocenters. The Balaban J connectivity index is 2.26. The van der Waals surface area contributed by atoms with Gasteiger partial charge in [0.1, 0.15) is 11.8 Å². The fraction of sp³-hybridized carbons (Fsp3) is 0.333. The number of nitrogens with one attached hydrogen (secondary N) is 1. The smallest absolute Gasteiger partial charge is 0.327 e. The SMILES string of the molecule is O=C(O)C1CNCCN1C(=O)c1ccc(I)c(O)c1. The number of halogens is 1. The molecule has 1 saturated heterocycles. The first-order valence-electron chi connectivity index (χ1n) is 5.73. The quantitative estimate of drug-likeness (QED) is 0.654. The van der Waals surface area contributed by atoms with Crippen LogP contribution in [-0.4, -0.2) is 52.7 Å². The molecule has 1 aliphatic heterocycles. The molecule has 1 aromatic rings. The molecule has 1 amide bonds. The molecule has 1 aromatic carbocycles. The summed E-state index contributed by atoms with van der Waals surface area (Å²) in [6.07, 6.45) is 0. The second-order valence-corrected chi connectivity index (χ2v) is 5.39. The maximum Gasteiger partial charge on any atom is 0.327 e. The van der Waals surface area contributed by atoms with Gasteiger partial charge in [0.15, 0.2) is 0 Å². The van der Waals surface area contributed by atoms with Crippen molar-refractivity contribution in [2.24, 2.45) is 0 Å². The van der Waals surface area contributed by atoms with Crippen molar-refractivity contribution >= 4 is 34.5 Å². The highest BCUT2D eigenvalue weighted by molar-refractivity contribution is 14.1. The van der Waals surface area contributed by atoms with E-state index < -0.39 is 12.0 Å². The topological polar surface area (TPSA) is 89.9 Å². The van der Waals surface area contributed by atoms with Crippen LogP contribution in [0.2, 0.25) is 0 Å². The molecule has 0 aromatic heterocycles. The molecule has 19 heavy (non-hydrogen) atoms. The van der Waals surface area contributed by atoms with Crippen LogP contribution in [-0.2, 0) is 4.79 Å². The van der Waals surface area contributed by atoms with Crippen molar-refractivity contribution < 1.29 is 19.8 Å². The van der Waals surface area contributed by atoms with Gasteiger partial charge in [0.2, 0.25) is 0 Å². The van der Waals surface area contributed by atoms with E-state index in [0.29, 0.717) is 22.2 Å². The van der Waals surface area contributed by atoms with Gasteiger partial charge in [0.05, 0.1) is 3.57 Å². The minimum Gasteiger partial charge on any atom is -0.507 e. The molecule has 3 N–H and O–H groups in total. The molecule has 1 heterocycles. The maximum absolute atomic E-state index is 12.3. The number of phenolic OH excluding ortho intramolecular Hbond substituents is 1. The Hall–Kier alpha value is -1.35. The van der Waals surface area contributed by atoms with E-state index in [1.54, 1.807) is 12.1 Å². The summed E-state index contributed by atoms with van der Waals surface area (Å²) in [6.45, 7) is 1.13. The second-order valence-electron chi connectivity index (χ2n) is 4.22. The number of carboxylic acids is 1. The monoisotopic (exact) mass is 376 g/mol. The number of aliphatic carboxylic acids is 1. The number of hydrogen-bond donors (Lipinski definition) is 3. The zero-order valence-corrected chi connectivity index (χ0v) is 12.1. The number of carboxylic acid groups (broad SMARTS) is 1. The number of carbonyl (C=O) groups excluding carboxylic acids is 1. The Morgan fingerprint density at radius 3 is 2.79 bits per heavy atom. The summed E-state index contributed by atoms with van der Waals surface area (Å²) in [5, 5.41) is 21.7. The molecular weight excluding hydrogens is 363 g/mol. The number of benzene rings is 1. The first kappa shape index (κ1) is 14.1. The van der Waals surface area contributed by atoms with E-state index in [0.717, 1.165) is 0 Å². The van der Waals surface area contributed by atoms with Crippen LogP contribution in [0.3, 0.4) is 0 Å². The largest absolute Gasteiger partial charge is 0.507 e. The second kappa shape index (κ2) is 5.74. The van der Waals surface area contributed by atoms with E-state index in [9.17, 15) is 14.7 Å². The van der Waals surface area contributed by atoms with Crippen molar-refractivity contribution in [3.63, 3.8) is 0 Å². The highest BCUT2D eigenvalue weighted by atomic mass is 127. The molecule has 1 unspecified atom stereocenters. The van der Waals surface area contributed by atoms with Gasteiger partial charge in [0, 0.05) is 25.2 Å². The molecule has 1 aliphatic rings. The molecule has 0 saturated carbocycles. The highest BCUT2D eigenvalue weighted by Gasteiger charge is 2.32. The van der Waals surface area contributed by atoms with Crippen molar-refractivity contribution in [1.82, 2.24) is 10.2 Å². The summed E-state index contributed by atoms with van der Waals surface area (Å²) in [6, 6.07) is 3.71. The third-order valence-electron chi connectivity index (χ3n) is 2.98. The normalized spacial score (nSPS) is 19.2.